The van der Waals surface area contributed by atoms with Crippen LogP contribution in [0.1, 0.15) is 16.1 Å². The van der Waals surface area contributed by atoms with Crippen LogP contribution in [-0.4, -0.2) is 30.3 Å². The lowest BCUT2D eigenvalue weighted by Gasteiger charge is -2.11. The second-order valence-electron chi connectivity index (χ2n) is 5.72. The minimum absolute atomic E-state index is 0.0205. The Labute approximate surface area is 154 Å². The molecular weight excluding hydrogens is 356 g/mol. The van der Waals surface area contributed by atoms with Crippen molar-refractivity contribution in [2.75, 3.05) is 19.5 Å². The van der Waals surface area contributed by atoms with Gasteiger partial charge in [-0.25, -0.2) is 8.78 Å². The lowest BCUT2D eigenvalue weighted by molar-refractivity contribution is 0.102. The van der Waals surface area contributed by atoms with Crippen LogP contribution in [0, 0.1) is 18.6 Å². The van der Waals surface area contributed by atoms with E-state index in [1.54, 1.807) is 25.1 Å². The van der Waals surface area contributed by atoms with Gasteiger partial charge in [-0.05, 0) is 42.8 Å². The van der Waals surface area contributed by atoms with Crippen molar-refractivity contribution in [1.29, 1.82) is 0 Å². The van der Waals surface area contributed by atoms with Crippen LogP contribution in [0.5, 0.6) is 11.5 Å². The molecule has 0 aliphatic carbocycles. The molecule has 0 unspecified atom stereocenters. The van der Waals surface area contributed by atoms with Gasteiger partial charge in [0, 0.05) is 16.8 Å². The summed E-state index contributed by atoms with van der Waals surface area (Å²) in [5.74, 6) is -1.38. The van der Waals surface area contributed by atoms with Gasteiger partial charge in [-0.15, -0.1) is 0 Å². The minimum atomic E-state index is -1.10. The summed E-state index contributed by atoms with van der Waals surface area (Å²) in [6.07, 6.45) is 0. The minimum Gasteiger partial charge on any atom is -0.493 e. The van der Waals surface area contributed by atoms with E-state index in [1.807, 2.05) is 0 Å². The summed E-state index contributed by atoms with van der Waals surface area (Å²) in [5.41, 5.74) is 2.07. The summed E-state index contributed by atoms with van der Waals surface area (Å²) < 4.78 is 37.0. The summed E-state index contributed by atoms with van der Waals surface area (Å²) in [6.45, 7) is 1.80. The van der Waals surface area contributed by atoms with Gasteiger partial charge < -0.3 is 14.8 Å². The molecule has 140 valence electrons. The molecule has 0 saturated carbocycles. The number of aromatic nitrogens is 2. The highest BCUT2D eigenvalue weighted by atomic mass is 19.2. The number of nitrogens with one attached hydrogen (secondary N) is 2. The van der Waals surface area contributed by atoms with E-state index >= 15 is 0 Å². The first-order valence-electron chi connectivity index (χ1n) is 7.98. The van der Waals surface area contributed by atoms with Crippen molar-refractivity contribution in [2.45, 2.75) is 6.92 Å². The van der Waals surface area contributed by atoms with E-state index in [2.05, 4.69) is 15.5 Å². The van der Waals surface area contributed by atoms with E-state index in [-0.39, 0.29) is 11.4 Å². The van der Waals surface area contributed by atoms with Crippen molar-refractivity contribution in [3.8, 4) is 22.6 Å². The van der Waals surface area contributed by atoms with Crippen LogP contribution >= 0.6 is 0 Å². The number of amides is 1. The highest BCUT2D eigenvalue weighted by molar-refractivity contribution is 6.05. The number of anilines is 1. The molecule has 0 bridgehead atoms. The lowest BCUT2D eigenvalue weighted by Crippen LogP contribution is -2.13. The molecule has 0 spiro atoms. The normalized spacial score (nSPS) is 10.6. The zero-order valence-electron chi connectivity index (χ0n) is 14.9. The molecule has 27 heavy (non-hydrogen) atoms. The summed E-state index contributed by atoms with van der Waals surface area (Å²) >= 11 is 0. The number of methoxy groups -OCH3 is 2. The molecule has 0 aliphatic heterocycles. The van der Waals surface area contributed by atoms with Crippen LogP contribution < -0.4 is 14.8 Å². The molecule has 3 rings (SSSR count). The number of halogens is 2. The molecule has 1 aromatic heterocycles. The van der Waals surface area contributed by atoms with Crippen LogP contribution in [0.4, 0.5) is 14.6 Å². The van der Waals surface area contributed by atoms with Gasteiger partial charge >= 0.3 is 0 Å². The number of ether oxygens (including phenoxy) is 2. The second-order valence-corrected chi connectivity index (χ2v) is 5.72. The van der Waals surface area contributed by atoms with Gasteiger partial charge in [-0.1, -0.05) is 6.07 Å². The Morgan fingerprint density at radius 2 is 1.78 bits per heavy atom. The molecule has 6 nitrogen and oxygen atoms in total. The fourth-order valence-electron chi connectivity index (χ4n) is 2.68. The SMILES string of the molecule is COc1ccc(-c2c(NC(=O)c3ccc(F)c(F)c3)n[nH]c2C)cc1OC. The first kappa shape index (κ1) is 18.4. The zero-order valence-corrected chi connectivity index (χ0v) is 14.9. The van der Waals surface area contributed by atoms with E-state index < -0.39 is 17.5 Å². The Balaban J connectivity index is 1.95. The van der Waals surface area contributed by atoms with Crippen LogP contribution in [0.25, 0.3) is 11.1 Å². The fraction of sp³-hybridized carbons (Fsp3) is 0.158. The highest BCUT2D eigenvalue weighted by Gasteiger charge is 2.18. The molecule has 2 aromatic carbocycles. The van der Waals surface area contributed by atoms with Gasteiger partial charge in [0.2, 0.25) is 0 Å². The monoisotopic (exact) mass is 373 g/mol. The van der Waals surface area contributed by atoms with Crippen molar-refractivity contribution in [3.05, 3.63) is 59.3 Å². The first-order valence-corrected chi connectivity index (χ1v) is 7.98. The molecule has 0 saturated heterocycles. The number of aryl methyl sites for hydroxylation is 1. The predicted molar refractivity (Wildman–Crippen MR) is 96.2 cm³/mol. The first-order chi connectivity index (χ1) is 12.9. The Hall–Kier alpha value is -3.42. The maximum Gasteiger partial charge on any atom is 0.256 e. The number of hydrogen-bond donors (Lipinski definition) is 2. The number of carbonyl (C=O) groups excluding carboxylic acids is 1. The quantitative estimate of drug-likeness (QED) is 0.710. The number of rotatable bonds is 5. The molecule has 0 fully saturated rings. The molecule has 0 atom stereocenters. The zero-order chi connectivity index (χ0) is 19.6. The van der Waals surface area contributed by atoms with Crippen LogP contribution in [0.2, 0.25) is 0 Å². The summed E-state index contributed by atoms with van der Waals surface area (Å²) in [6, 6.07) is 8.22. The standard InChI is InChI=1S/C19H17F2N3O3/c1-10-17(11-5-7-15(26-2)16(9-11)27-3)18(24-23-10)22-19(25)12-4-6-13(20)14(21)8-12/h4-9H,1-3H3,(H2,22,23,24,25). The Morgan fingerprint density at radius 1 is 1.04 bits per heavy atom. The van der Waals surface area contributed by atoms with Crippen molar-refractivity contribution in [2.24, 2.45) is 0 Å². The number of carbonyl (C=O) groups is 1. The molecule has 3 aromatic rings. The molecular formula is C19H17F2N3O3. The number of aromatic amines is 1. The van der Waals surface area contributed by atoms with Crippen LogP contribution in [0.15, 0.2) is 36.4 Å². The van der Waals surface area contributed by atoms with Crippen molar-refractivity contribution >= 4 is 11.7 Å². The Morgan fingerprint density at radius 3 is 2.44 bits per heavy atom. The third-order valence-electron chi connectivity index (χ3n) is 4.03. The van der Waals surface area contributed by atoms with E-state index in [1.165, 1.54) is 20.3 Å². The van der Waals surface area contributed by atoms with Crippen LogP contribution in [0.3, 0.4) is 0 Å². The summed E-state index contributed by atoms with van der Waals surface area (Å²) in [5, 5.41) is 9.52. The Kier molecular flexibility index (Phi) is 5.07. The van der Waals surface area contributed by atoms with Gasteiger partial charge in [-0.3, -0.25) is 9.89 Å². The summed E-state index contributed by atoms with van der Waals surface area (Å²) in [7, 11) is 3.06. The van der Waals surface area contributed by atoms with Gasteiger partial charge in [-0.2, -0.15) is 5.10 Å². The molecule has 8 heteroatoms. The van der Waals surface area contributed by atoms with Gasteiger partial charge in [0.15, 0.2) is 29.0 Å². The van der Waals surface area contributed by atoms with Crippen molar-refractivity contribution < 1.29 is 23.0 Å². The van der Waals surface area contributed by atoms with E-state index in [0.29, 0.717) is 22.8 Å². The number of H-pyrrole nitrogens is 1. The number of benzene rings is 2. The topological polar surface area (TPSA) is 76.2 Å². The van der Waals surface area contributed by atoms with Crippen LogP contribution in [-0.2, 0) is 0 Å². The molecule has 1 amide bonds. The third kappa shape index (κ3) is 3.59. The maximum atomic E-state index is 13.4. The number of nitrogens with zero attached hydrogens (tertiary/aromatic N) is 1. The lowest BCUT2D eigenvalue weighted by atomic mass is 10.0. The average molecular weight is 373 g/mol. The molecule has 0 aliphatic rings. The van der Waals surface area contributed by atoms with E-state index in [4.69, 9.17) is 9.47 Å². The van der Waals surface area contributed by atoms with Gasteiger partial charge in [0.25, 0.3) is 5.91 Å². The average Bonchev–Trinajstić information content (AvgIpc) is 3.03. The Bertz CT molecular complexity index is 1000. The van der Waals surface area contributed by atoms with Crippen molar-refractivity contribution in [3.63, 3.8) is 0 Å². The summed E-state index contributed by atoms with van der Waals surface area (Å²) in [4.78, 5) is 12.4. The van der Waals surface area contributed by atoms with E-state index in [0.717, 1.165) is 17.7 Å². The van der Waals surface area contributed by atoms with Gasteiger partial charge in [0.1, 0.15) is 0 Å². The maximum absolute atomic E-state index is 13.4. The highest BCUT2D eigenvalue weighted by Crippen LogP contribution is 2.36. The molecule has 1 heterocycles. The largest absolute Gasteiger partial charge is 0.493 e. The third-order valence-corrected chi connectivity index (χ3v) is 4.03. The molecule has 0 radical (unpaired) electrons. The smallest absolute Gasteiger partial charge is 0.256 e. The number of hydrogen-bond acceptors (Lipinski definition) is 4. The predicted octanol–water partition coefficient (Wildman–Crippen LogP) is 3.93. The molecule has 2 N–H and O–H groups in total. The second kappa shape index (κ2) is 7.45. The van der Waals surface area contributed by atoms with Gasteiger partial charge in [0.05, 0.1) is 14.2 Å². The van der Waals surface area contributed by atoms with Crippen molar-refractivity contribution in [1.82, 2.24) is 10.2 Å². The van der Waals surface area contributed by atoms with E-state index in [9.17, 15) is 13.6 Å². The fourth-order valence-corrected chi connectivity index (χ4v) is 2.68.